The van der Waals surface area contributed by atoms with E-state index < -0.39 is 11.4 Å². The number of nitrogens with two attached hydrogens (primary N) is 1. The maximum absolute atomic E-state index is 13.3. The zero-order chi connectivity index (χ0) is 18.8. The molecule has 0 aliphatic rings. The SMILES string of the molecule is Cc1c(C(=O)NC(C)(CN)CC(C)C)nnn1-c1ccc(F)c(Cl)c1.Cl. The molecule has 0 saturated heterocycles. The number of nitrogens with one attached hydrogen (secondary N) is 1. The first-order valence-corrected chi connectivity index (χ1v) is 8.45. The molecule has 6 nitrogen and oxygen atoms in total. The molecule has 144 valence electrons. The fraction of sp³-hybridized carbons (Fsp3) is 0.471. The number of hydrogen-bond acceptors (Lipinski definition) is 4. The van der Waals surface area contributed by atoms with Crippen LogP contribution in [-0.2, 0) is 0 Å². The molecule has 1 heterocycles. The van der Waals surface area contributed by atoms with E-state index >= 15 is 0 Å². The summed E-state index contributed by atoms with van der Waals surface area (Å²) in [6, 6.07) is 4.20. The van der Waals surface area contributed by atoms with Crippen molar-refractivity contribution >= 4 is 29.9 Å². The lowest BCUT2D eigenvalue weighted by Crippen LogP contribution is -2.52. The van der Waals surface area contributed by atoms with E-state index in [1.54, 1.807) is 6.92 Å². The Hall–Kier alpha value is -1.70. The molecule has 0 spiro atoms. The summed E-state index contributed by atoms with van der Waals surface area (Å²) < 4.78 is 14.8. The Morgan fingerprint density at radius 1 is 1.46 bits per heavy atom. The van der Waals surface area contributed by atoms with Gasteiger partial charge in [0, 0.05) is 6.54 Å². The molecular weight excluding hydrogens is 380 g/mol. The highest BCUT2D eigenvalue weighted by molar-refractivity contribution is 6.30. The molecule has 3 N–H and O–H groups in total. The van der Waals surface area contributed by atoms with Crippen molar-refractivity contribution in [3.63, 3.8) is 0 Å². The quantitative estimate of drug-likeness (QED) is 0.774. The van der Waals surface area contributed by atoms with Crippen LogP contribution in [0.1, 0.15) is 43.4 Å². The molecule has 0 fully saturated rings. The molecule has 1 unspecified atom stereocenters. The summed E-state index contributed by atoms with van der Waals surface area (Å²) in [5, 5.41) is 10.9. The van der Waals surface area contributed by atoms with Crippen molar-refractivity contribution in [1.82, 2.24) is 20.3 Å². The Labute approximate surface area is 163 Å². The van der Waals surface area contributed by atoms with E-state index in [9.17, 15) is 9.18 Å². The van der Waals surface area contributed by atoms with Crippen molar-refractivity contribution in [3.8, 4) is 5.69 Å². The molecule has 0 bridgehead atoms. The molecule has 2 rings (SSSR count). The van der Waals surface area contributed by atoms with Crippen molar-refractivity contribution in [2.45, 2.75) is 39.7 Å². The molecule has 0 radical (unpaired) electrons. The van der Waals surface area contributed by atoms with Gasteiger partial charge < -0.3 is 11.1 Å². The Balaban J connectivity index is 0.00000338. The normalized spacial score (nSPS) is 13.2. The summed E-state index contributed by atoms with van der Waals surface area (Å²) >= 11 is 5.81. The fourth-order valence-electron chi connectivity index (χ4n) is 2.82. The Bertz CT molecular complexity index is 781. The van der Waals surface area contributed by atoms with Crippen LogP contribution in [0.3, 0.4) is 0 Å². The van der Waals surface area contributed by atoms with Gasteiger partial charge in [-0.1, -0.05) is 30.7 Å². The van der Waals surface area contributed by atoms with Gasteiger partial charge in [-0.05, 0) is 44.4 Å². The molecule has 0 aliphatic heterocycles. The molecule has 26 heavy (non-hydrogen) atoms. The molecule has 1 atom stereocenters. The first-order chi connectivity index (χ1) is 11.7. The summed E-state index contributed by atoms with van der Waals surface area (Å²) in [7, 11) is 0. The van der Waals surface area contributed by atoms with Crippen molar-refractivity contribution in [2.24, 2.45) is 11.7 Å². The van der Waals surface area contributed by atoms with Gasteiger partial charge in [0.05, 0.1) is 21.9 Å². The minimum absolute atomic E-state index is 0. The molecule has 0 saturated carbocycles. The van der Waals surface area contributed by atoms with Gasteiger partial charge in [-0.15, -0.1) is 17.5 Å². The van der Waals surface area contributed by atoms with Gasteiger partial charge in [-0.2, -0.15) is 0 Å². The number of rotatable bonds is 6. The minimum Gasteiger partial charge on any atom is -0.344 e. The largest absolute Gasteiger partial charge is 0.344 e. The predicted octanol–water partition coefficient (Wildman–Crippen LogP) is 3.28. The lowest BCUT2D eigenvalue weighted by atomic mass is 9.90. The number of carbonyl (C=O) groups excluding carboxylic acids is 1. The average Bonchev–Trinajstić information content (AvgIpc) is 2.91. The summed E-state index contributed by atoms with van der Waals surface area (Å²) in [4.78, 5) is 12.6. The fourth-order valence-corrected chi connectivity index (χ4v) is 3.00. The number of halogens is 3. The highest BCUT2D eigenvalue weighted by atomic mass is 35.5. The standard InChI is InChI=1S/C17H23ClFN5O.ClH/c1-10(2)8-17(4,9-20)21-16(25)15-11(3)24(23-22-15)12-5-6-14(19)13(18)7-12;/h5-7,10H,8-9,20H2,1-4H3,(H,21,25);1H. The van der Waals surface area contributed by atoms with Crippen molar-refractivity contribution in [1.29, 1.82) is 0 Å². The summed E-state index contributed by atoms with van der Waals surface area (Å²) in [5.74, 6) is -0.480. The highest BCUT2D eigenvalue weighted by Crippen LogP contribution is 2.21. The zero-order valence-electron chi connectivity index (χ0n) is 15.2. The Kier molecular flexibility index (Phi) is 7.56. The van der Waals surface area contributed by atoms with Crippen LogP contribution in [0.4, 0.5) is 4.39 Å². The van der Waals surface area contributed by atoms with E-state index in [1.807, 2.05) is 6.92 Å². The summed E-state index contributed by atoms with van der Waals surface area (Å²) in [5.41, 5.74) is 6.57. The lowest BCUT2D eigenvalue weighted by molar-refractivity contribution is 0.0892. The van der Waals surface area contributed by atoms with Gasteiger partial charge in [0.2, 0.25) is 0 Å². The van der Waals surface area contributed by atoms with E-state index in [0.29, 0.717) is 23.8 Å². The first kappa shape index (κ1) is 22.3. The maximum atomic E-state index is 13.3. The third-order valence-electron chi connectivity index (χ3n) is 3.98. The lowest BCUT2D eigenvalue weighted by Gasteiger charge is -2.30. The van der Waals surface area contributed by atoms with Gasteiger partial charge in [0.25, 0.3) is 5.91 Å². The van der Waals surface area contributed by atoms with Crippen LogP contribution in [0.2, 0.25) is 5.02 Å². The van der Waals surface area contributed by atoms with Crippen molar-refractivity contribution in [3.05, 3.63) is 40.4 Å². The van der Waals surface area contributed by atoms with Crippen LogP contribution in [0.25, 0.3) is 5.69 Å². The second-order valence-corrected chi connectivity index (χ2v) is 7.26. The number of amides is 1. The van der Waals surface area contributed by atoms with Crippen LogP contribution < -0.4 is 11.1 Å². The van der Waals surface area contributed by atoms with Crippen LogP contribution in [0.5, 0.6) is 0 Å². The van der Waals surface area contributed by atoms with Crippen LogP contribution in [0, 0.1) is 18.7 Å². The second-order valence-electron chi connectivity index (χ2n) is 6.85. The van der Waals surface area contributed by atoms with Gasteiger partial charge in [-0.25, -0.2) is 9.07 Å². The van der Waals surface area contributed by atoms with Crippen LogP contribution >= 0.6 is 24.0 Å². The van der Waals surface area contributed by atoms with Crippen molar-refractivity contribution in [2.75, 3.05) is 6.54 Å². The monoisotopic (exact) mass is 403 g/mol. The van der Waals surface area contributed by atoms with E-state index in [-0.39, 0.29) is 29.0 Å². The topological polar surface area (TPSA) is 85.8 Å². The Morgan fingerprint density at radius 3 is 2.65 bits per heavy atom. The third-order valence-corrected chi connectivity index (χ3v) is 4.27. The molecule has 9 heteroatoms. The summed E-state index contributed by atoms with van der Waals surface area (Å²) in [6.45, 7) is 8.08. The summed E-state index contributed by atoms with van der Waals surface area (Å²) in [6.07, 6.45) is 0.746. The molecule has 1 amide bonds. The van der Waals surface area contributed by atoms with E-state index in [0.717, 1.165) is 6.42 Å². The predicted molar refractivity (Wildman–Crippen MR) is 103 cm³/mol. The van der Waals surface area contributed by atoms with Crippen LogP contribution in [0.15, 0.2) is 18.2 Å². The molecule has 2 aromatic rings. The van der Waals surface area contributed by atoms with Crippen molar-refractivity contribution < 1.29 is 9.18 Å². The maximum Gasteiger partial charge on any atom is 0.274 e. The first-order valence-electron chi connectivity index (χ1n) is 8.07. The third kappa shape index (κ3) is 4.93. The zero-order valence-corrected chi connectivity index (χ0v) is 16.8. The number of nitrogens with zero attached hydrogens (tertiary/aromatic N) is 3. The van der Waals surface area contributed by atoms with Gasteiger partial charge in [-0.3, -0.25) is 4.79 Å². The average molecular weight is 404 g/mol. The van der Waals surface area contributed by atoms with E-state index in [2.05, 4.69) is 29.5 Å². The number of benzene rings is 1. The van der Waals surface area contributed by atoms with Gasteiger partial charge >= 0.3 is 0 Å². The Morgan fingerprint density at radius 2 is 2.12 bits per heavy atom. The molecule has 1 aromatic heterocycles. The molecule has 0 aliphatic carbocycles. The van der Waals surface area contributed by atoms with E-state index in [1.165, 1.54) is 22.9 Å². The number of hydrogen-bond donors (Lipinski definition) is 2. The number of carbonyl (C=O) groups is 1. The minimum atomic E-state index is -0.527. The highest BCUT2D eigenvalue weighted by Gasteiger charge is 2.28. The van der Waals surface area contributed by atoms with Gasteiger partial charge in [0.15, 0.2) is 5.69 Å². The van der Waals surface area contributed by atoms with Crippen LogP contribution in [-0.4, -0.2) is 33.0 Å². The number of aromatic nitrogens is 3. The smallest absolute Gasteiger partial charge is 0.274 e. The second kappa shape index (κ2) is 8.79. The molecule has 1 aromatic carbocycles. The van der Waals surface area contributed by atoms with Gasteiger partial charge in [0.1, 0.15) is 5.82 Å². The molecular formula is C17H24Cl2FN5O. The van der Waals surface area contributed by atoms with E-state index in [4.69, 9.17) is 17.3 Å².